The number of morpholine rings is 1. The highest BCUT2D eigenvalue weighted by Crippen LogP contribution is 2.25. The van der Waals surface area contributed by atoms with Crippen LogP contribution in [0.3, 0.4) is 0 Å². The lowest BCUT2D eigenvalue weighted by Crippen LogP contribution is -2.38. The predicted octanol–water partition coefficient (Wildman–Crippen LogP) is 4.65. The topological polar surface area (TPSA) is 60.3 Å². The molecule has 4 rings (SSSR count). The average Bonchev–Trinajstić information content (AvgIpc) is 3.25. The van der Waals surface area contributed by atoms with Crippen molar-refractivity contribution in [1.29, 1.82) is 0 Å². The van der Waals surface area contributed by atoms with E-state index in [1.165, 1.54) is 22.9 Å². The second-order valence-corrected chi connectivity index (χ2v) is 9.04. The van der Waals surface area contributed by atoms with Gasteiger partial charge in [0, 0.05) is 18.7 Å². The molecule has 2 heterocycles. The van der Waals surface area contributed by atoms with Crippen molar-refractivity contribution in [3.63, 3.8) is 0 Å². The van der Waals surface area contributed by atoms with Crippen LogP contribution in [0.25, 0.3) is 0 Å². The SMILES string of the molecule is CCC(C)c1ccc(C(=O)CSc2nnc(N3CCOCC3)n2Cc2ccccc2)cc1. The van der Waals surface area contributed by atoms with Crippen LogP contribution in [0.2, 0.25) is 0 Å². The molecule has 1 unspecified atom stereocenters. The number of thioether (sulfide) groups is 1. The normalized spacial score (nSPS) is 15.0. The summed E-state index contributed by atoms with van der Waals surface area (Å²) in [6, 6.07) is 18.3. The minimum Gasteiger partial charge on any atom is -0.378 e. The molecule has 0 spiro atoms. The quantitative estimate of drug-likeness (QED) is 0.349. The monoisotopic (exact) mass is 450 g/mol. The maximum Gasteiger partial charge on any atom is 0.228 e. The van der Waals surface area contributed by atoms with E-state index >= 15 is 0 Å². The number of Topliss-reactive ketones (excluding diaryl/α,β-unsaturated/α-hetero) is 1. The summed E-state index contributed by atoms with van der Waals surface area (Å²) in [5.74, 6) is 1.78. The lowest BCUT2D eigenvalue weighted by Gasteiger charge is -2.28. The fourth-order valence-corrected chi connectivity index (χ4v) is 4.56. The van der Waals surface area contributed by atoms with E-state index in [-0.39, 0.29) is 5.78 Å². The largest absolute Gasteiger partial charge is 0.378 e. The number of nitrogens with zero attached hydrogens (tertiary/aromatic N) is 4. The van der Waals surface area contributed by atoms with Crippen molar-refractivity contribution in [1.82, 2.24) is 14.8 Å². The van der Waals surface area contributed by atoms with Gasteiger partial charge in [-0.3, -0.25) is 9.36 Å². The molecule has 6 nitrogen and oxygen atoms in total. The first kappa shape index (κ1) is 22.6. The minimum atomic E-state index is 0.105. The molecule has 2 aromatic carbocycles. The summed E-state index contributed by atoms with van der Waals surface area (Å²) in [7, 11) is 0. The summed E-state index contributed by atoms with van der Waals surface area (Å²) in [6.07, 6.45) is 1.09. The molecule has 7 heteroatoms. The number of ether oxygens (including phenoxy) is 1. The van der Waals surface area contributed by atoms with E-state index in [9.17, 15) is 4.79 Å². The van der Waals surface area contributed by atoms with Crippen molar-refractivity contribution in [2.24, 2.45) is 0 Å². The van der Waals surface area contributed by atoms with E-state index in [1.807, 2.05) is 30.3 Å². The van der Waals surface area contributed by atoms with Gasteiger partial charge in [-0.05, 0) is 23.5 Å². The van der Waals surface area contributed by atoms with Gasteiger partial charge in [0.05, 0.1) is 25.5 Å². The number of rotatable bonds is 9. The van der Waals surface area contributed by atoms with Crippen LogP contribution in [-0.4, -0.2) is 52.6 Å². The first-order chi connectivity index (χ1) is 15.7. The van der Waals surface area contributed by atoms with Crippen LogP contribution in [0, 0.1) is 0 Å². The number of hydrogen-bond acceptors (Lipinski definition) is 6. The van der Waals surface area contributed by atoms with Crippen LogP contribution in [-0.2, 0) is 11.3 Å². The fourth-order valence-electron chi connectivity index (χ4n) is 3.74. The van der Waals surface area contributed by atoms with E-state index < -0.39 is 0 Å². The first-order valence-corrected chi connectivity index (χ1v) is 12.2. The van der Waals surface area contributed by atoms with Crippen LogP contribution < -0.4 is 4.90 Å². The standard InChI is InChI=1S/C25H30N4O2S/c1-3-19(2)21-9-11-22(12-10-21)23(30)18-32-25-27-26-24(28-13-15-31-16-14-28)29(25)17-20-7-5-4-6-8-20/h4-12,19H,3,13-18H2,1-2H3. The molecule has 0 radical (unpaired) electrons. The second-order valence-electron chi connectivity index (χ2n) is 8.10. The Bertz CT molecular complexity index is 1010. The van der Waals surface area contributed by atoms with Crippen molar-refractivity contribution in [3.05, 3.63) is 71.3 Å². The van der Waals surface area contributed by atoms with E-state index in [4.69, 9.17) is 4.74 Å². The zero-order chi connectivity index (χ0) is 22.3. The summed E-state index contributed by atoms with van der Waals surface area (Å²) < 4.78 is 7.61. The zero-order valence-electron chi connectivity index (χ0n) is 18.7. The van der Waals surface area contributed by atoms with Crippen LogP contribution >= 0.6 is 11.8 Å². The Kier molecular flexibility index (Phi) is 7.60. The molecule has 0 saturated carbocycles. The molecule has 32 heavy (non-hydrogen) atoms. The molecule has 1 fully saturated rings. The average molecular weight is 451 g/mol. The summed E-state index contributed by atoms with van der Waals surface area (Å²) in [6.45, 7) is 8.01. The molecule has 0 N–H and O–H groups in total. The molecule has 1 aromatic heterocycles. The number of anilines is 1. The third-order valence-corrected chi connectivity index (χ3v) is 6.89. The maximum atomic E-state index is 12.8. The molecule has 0 amide bonds. The van der Waals surface area contributed by atoms with Gasteiger partial charge in [0.1, 0.15) is 0 Å². The van der Waals surface area contributed by atoms with Crippen molar-refractivity contribution in [2.75, 3.05) is 37.0 Å². The Morgan fingerprint density at radius 3 is 2.47 bits per heavy atom. The zero-order valence-corrected chi connectivity index (χ0v) is 19.6. The Hall–Kier alpha value is -2.64. The number of hydrogen-bond donors (Lipinski definition) is 0. The number of carbonyl (C=O) groups is 1. The molecule has 168 valence electrons. The van der Waals surface area contributed by atoms with Crippen molar-refractivity contribution in [3.8, 4) is 0 Å². The van der Waals surface area contributed by atoms with Crippen molar-refractivity contribution in [2.45, 2.75) is 37.9 Å². The Balaban J connectivity index is 1.49. The Labute approximate surface area is 194 Å². The molecule has 0 aliphatic carbocycles. The summed E-state index contributed by atoms with van der Waals surface area (Å²) in [5, 5.41) is 9.68. The number of aromatic nitrogens is 3. The van der Waals surface area contributed by atoms with Crippen molar-refractivity contribution < 1.29 is 9.53 Å². The van der Waals surface area contributed by atoms with Crippen LogP contribution in [0.5, 0.6) is 0 Å². The molecule has 1 aliphatic rings. The molecule has 1 atom stereocenters. The highest BCUT2D eigenvalue weighted by atomic mass is 32.2. The number of ketones is 1. The maximum absolute atomic E-state index is 12.8. The van der Waals surface area contributed by atoms with E-state index in [2.05, 4.69) is 57.8 Å². The third-order valence-electron chi connectivity index (χ3n) is 5.92. The summed E-state index contributed by atoms with van der Waals surface area (Å²) >= 11 is 1.45. The molecule has 0 bridgehead atoms. The van der Waals surface area contributed by atoms with Gasteiger partial charge in [0.2, 0.25) is 5.95 Å². The lowest BCUT2D eigenvalue weighted by atomic mass is 9.97. The number of benzene rings is 2. The second kappa shape index (κ2) is 10.8. The van der Waals surface area contributed by atoms with Gasteiger partial charge in [-0.15, -0.1) is 10.2 Å². The van der Waals surface area contributed by atoms with E-state index in [0.717, 1.165) is 36.2 Å². The summed E-state index contributed by atoms with van der Waals surface area (Å²) in [5.41, 5.74) is 3.19. The van der Waals surface area contributed by atoms with Crippen molar-refractivity contribution >= 4 is 23.5 Å². The van der Waals surface area contributed by atoms with Crippen LogP contribution in [0.1, 0.15) is 47.7 Å². The smallest absolute Gasteiger partial charge is 0.228 e. The molecular formula is C25H30N4O2S. The van der Waals surface area contributed by atoms with Gasteiger partial charge in [-0.25, -0.2) is 0 Å². The van der Waals surface area contributed by atoms with Gasteiger partial charge in [0.25, 0.3) is 0 Å². The summed E-state index contributed by atoms with van der Waals surface area (Å²) in [4.78, 5) is 15.0. The van der Waals surface area contributed by atoms with Gasteiger partial charge >= 0.3 is 0 Å². The first-order valence-electron chi connectivity index (χ1n) is 11.2. The molecular weight excluding hydrogens is 420 g/mol. The highest BCUT2D eigenvalue weighted by molar-refractivity contribution is 7.99. The van der Waals surface area contributed by atoms with E-state index in [1.54, 1.807) is 0 Å². The lowest BCUT2D eigenvalue weighted by molar-refractivity contribution is 0.102. The van der Waals surface area contributed by atoms with E-state index in [0.29, 0.717) is 31.4 Å². The van der Waals surface area contributed by atoms with Gasteiger partial charge in [-0.2, -0.15) is 0 Å². The van der Waals surface area contributed by atoms with Gasteiger partial charge in [0.15, 0.2) is 10.9 Å². The van der Waals surface area contributed by atoms with Crippen LogP contribution in [0.15, 0.2) is 59.8 Å². The predicted molar refractivity (Wildman–Crippen MR) is 129 cm³/mol. The fraction of sp³-hybridized carbons (Fsp3) is 0.400. The highest BCUT2D eigenvalue weighted by Gasteiger charge is 2.21. The molecule has 3 aromatic rings. The molecule has 1 saturated heterocycles. The van der Waals surface area contributed by atoms with Gasteiger partial charge < -0.3 is 9.64 Å². The van der Waals surface area contributed by atoms with Gasteiger partial charge in [-0.1, -0.05) is 80.2 Å². The minimum absolute atomic E-state index is 0.105. The Morgan fingerprint density at radius 1 is 1.06 bits per heavy atom. The third kappa shape index (κ3) is 5.40. The van der Waals surface area contributed by atoms with Crippen LogP contribution in [0.4, 0.5) is 5.95 Å². The molecule has 1 aliphatic heterocycles. The number of carbonyl (C=O) groups excluding carboxylic acids is 1. The Morgan fingerprint density at radius 2 is 1.78 bits per heavy atom.